The van der Waals surface area contributed by atoms with Crippen LogP contribution in [0.25, 0.3) is 11.4 Å². The van der Waals surface area contributed by atoms with Crippen LogP contribution < -0.4 is 5.32 Å². The summed E-state index contributed by atoms with van der Waals surface area (Å²) in [6, 6.07) is 6.61. The normalized spacial score (nSPS) is 26.5. The number of aromatic nitrogens is 3. The summed E-state index contributed by atoms with van der Waals surface area (Å²) in [5.74, 6) is -1.66. The summed E-state index contributed by atoms with van der Waals surface area (Å²) in [6.07, 6.45) is -0.412. The van der Waals surface area contributed by atoms with Gasteiger partial charge >= 0.3 is 6.18 Å². The third-order valence-electron chi connectivity index (χ3n) is 7.37. The summed E-state index contributed by atoms with van der Waals surface area (Å²) < 4.78 is 66.2. The summed E-state index contributed by atoms with van der Waals surface area (Å²) in [6.45, 7) is 0.531. The van der Waals surface area contributed by atoms with Crippen molar-refractivity contribution >= 4 is 11.7 Å². The van der Waals surface area contributed by atoms with E-state index in [4.69, 9.17) is 0 Å². The summed E-state index contributed by atoms with van der Waals surface area (Å²) in [7, 11) is 0. The van der Waals surface area contributed by atoms with Gasteiger partial charge in [-0.25, -0.2) is 23.7 Å². The Balaban J connectivity index is 1.26. The number of amides is 1. The summed E-state index contributed by atoms with van der Waals surface area (Å²) in [5.41, 5.74) is -0.395. The number of anilines is 1. The minimum absolute atomic E-state index is 0.0585. The maximum Gasteiger partial charge on any atom is 0.417 e. The van der Waals surface area contributed by atoms with Crippen molar-refractivity contribution in [2.24, 2.45) is 11.3 Å². The van der Waals surface area contributed by atoms with Gasteiger partial charge in [0.25, 0.3) is 5.91 Å². The van der Waals surface area contributed by atoms with E-state index < -0.39 is 23.4 Å². The number of alkyl halides is 3. The van der Waals surface area contributed by atoms with Gasteiger partial charge in [-0.15, -0.1) is 0 Å². The van der Waals surface area contributed by atoms with Crippen molar-refractivity contribution in [2.45, 2.75) is 31.1 Å². The Hall–Kier alpha value is -3.63. The van der Waals surface area contributed by atoms with Crippen LogP contribution in [-0.4, -0.2) is 44.4 Å². The Bertz CT molecular complexity index is 1330. The molecule has 11 heteroatoms. The zero-order valence-corrected chi connectivity index (χ0v) is 18.1. The number of nitrogens with one attached hydrogen (secondary N) is 1. The van der Waals surface area contributed by atoms with E-state index in [0.717, 1.165) is 18.8 Å². The second-order valence-electron chi connectivity index (χ2n) is 9.31. The zero-order valence-electron chi connectivity index (χ0n) is 18.1. The van der Waals surface area contributed by atoms with Crippen LogP contribution in [0.3, 0.4) is 0 Å². The second-order valence-corrected chi connectivity index (χ2v) is 9.31. The predicted molar refractivity (Wildman–Crippen MR) is 114 cm³/mol. The smallest absolute Gasteiger partial charge is 0.363 e. The number of hydrogen-bond donors (Lipinski definition) is 1. The minimum Gasteiger partial charge on any atom is -0.363 e. The van der Waals surface area contributed by atoms with Gasteiger partial charge in [-0.2, -0.15) is 13.2 Å². The Kier molecular flexibility index (Phi) is 4.64. The number of rotatable bonds is 4. The van der Waals surface area contributed by atoms with Gasteiger partial charge in [0, 0.05) is 24.3 Å². The number of carbonyl (C=O) groups is 1. The minimum atomic E-state index is -4.69. The Morgan fingerprint density at radius 2 is 1.80 bits per heavy atom. The quantitative estimate of drug-likeness (QED) is 0.547. The van der Waals surface area contributed by atoms with Gasteiger partial charge in [-0.3, -0.25) is 4.79 Å². The van der Waals surface area contributed by atoms with Gasteiger partial charge < -0.3 is 10.2 Å². The number of carbonyl (C=O) groups excluding carboxylic acids is 1. The molecule has 3 aliphatic rings. The average molecular weight is 487 g/mol. The van der Waals surface area contributed by atoms with Gasteiger partial charge in [0.1, 0.15) is 0 Å². The zero-order chi connectivity index (χ0) is 24.5. The highest BCUT2D eigenvalue weighted by Gasteiger charge is 2.75. The molecule has 1 spiro atoms. The SMILES string of the molecule is O=C(c1ccccc1-c1ncc(F)cn1)N1CC2CC23CC(Nc2ncc(C(F)(F)F)cc2F)C13. The van der Waals surface area contributed by atoms with Crippen molar-refractivity contribution in [3.63, 3.8) is 0 Å². The molecule has 0 radical (unpaired) electrons. The van der Waals surface area contributed by atoms with Crippen molar-refractivity contribution in [2.75, 3.05) is 11.9 Å². The third-order valence-corrected chi connectivity index (χ3v) is 7.37. The molecule has 6 nitrogen and oxygen atoms in total. The second kappa shape index (κ2) is 7.43. The lowest BCUT2D eigenvalue weighted by atomic mass is 9.71. The molecule has 4 atom stereocenters. The first-order valence-electron chi connectivity index (χ1n) is 11.0. The van der Waals surface area contributed by atoms with Crippen molar-refractivity contribution in [1.29, 1.82) is 0 Å². The molecule has 2 aliphatic carbocycles. The molecule has 1 aromatic carbocycles. The molecule has 1 saturated heterocycles. The van der Waals surface area contributed by atoms with Gasteiger partial charge in [0.05, 0.1) is 29.6 Å². The van der Waals surface area contributed by atoms with Crippen molar-refractivity contribution in [3.05, 3.63) is 71.7 Å². The number of hydrogen-bond acceptors (Lipinski definition) is 5. The van der Waals surface area contributed by atoms with Crippen LogP contribution in [0.5, 0.6) is 0 Å². The van der Waals surface area contributed by atoms with E-state index in [1.807, 2.05) is 0 Å². The molecular weight excluding hydrogens is 469 g/mol. The Morgan fingerprint density at radius 1 is 1.06 bits per heavy atom. The lowest BCUT2D eigenvalue weighted by Crippen LogP contribution is -2.60. The highest BCUT2D eigenvalue weighted by Crippen LogP contribution is 2.71. The molecule has 1 aliphatic heterocycles. The monoisotopic (exact) mass is 487 g/mol. The molecule has 3 fully saturated rings. The fourth-order valence-electron chi connectivity index (χ4n) is 5.70. The van der Waals surface area contributed by atoms with Crippen molar-refractivity contribution in [3.8, 4) is 11.4 Å². The Labute approximate surface area is 196 Å². The molecule has 35 heavy (non-hydrogen) atoms. The van der Waals surface area contributed by atoms with Crippen LogP contribution in [0.4, 0.5) is 27.8 Å². The van der Waals surface area contributed by atoms with Crippen LogP contribution >= 0.6 is 0 Å². The largest absolute Gasteiger partial charge is 0.417 e. The lowest BCUT2D eigenvalue weighted by molar-refractivity contribution is -0.138. The van der Waals surface area contributed by atoms with Gasteiger partial charge in [-0.1, -0.05) is 18.2 Å². The van der Waals surface area contributed by atoms with E-state index in [2.05, 4.69) is 20.3 Å². The fourth-order valence-corrected chi connectivity index (χ4v) is 5.70. The van der Waals surface area contributed by atoms with Gasteiger partial charge in [0.2, 0.25) is 0 Å². The standard InChI is InChI=1S/C24H18F5N5O/c25-14-9-31-20(32-10-14)15-3-1-2-4-16(15)22(35)34-11-13-6-23(13)7-18(19(23)34)33-21-17(26)5-12(8-30-21)24(27,28)29/h1-5,8-10,13,18-19H,6-7,11H2,(H,30,33). The molecule has 0 bridgehead atoms. The van der Waals surface area contributed by atoms with Gasteiger partial charge in [0.15, 0.2) is 23.3 Å². The lowest BCUT2D eigenvalue weighted by Gasteiger charge is -2.48. The average Bonchev–Trinajstić information content (AvgIpc) is 3.48. The number of pyridine rings is 1. The Morgan fingerprint density at radius 3 is 2.51 bits per heavy atom. The molecule has 1 N–H and O–H groups in total. The molecule has 6 rings (SSSR count). The predicted octanol–water partition coefficient (Wildman–Crippen LogP) is 4.55. The van der Waals surface area contributed by atoms with Gasteiger partial charge in [-0.05, 0) is 36.3 Å². The third kappa shape index (κ3) is 3.43. The van der Waals surface area contributed by atoms with E-state index in [9.17, 15) is 26.7 Å². The molecule has 2 saturated carbocycles. The highest BCUT2D eigenvalue weighted by molar-refractivity contribution is 6.00. The number of benzene rings is 1. The summed E-state index contributed by atoms with van der Waals surface area (Å²) in [5, 5.41) is 2.92. The highest BCUT2D eigenvalue weighted by atomic mass is 19.4. The fraction of sp³-hybridized carbons (Fsp3) is 0.333. The maximum atomic E-state index is 14.4. The molecule has 3 heterocycles. The summed E-state index contributed by atoms with van der Waals surface area (Å²) in [4.78, 5) is 27.0. The first kappa shape index (κ1) is 21.9. The number of halogens is 5. The van der Waals surface area contributed by atoms with Crippen LogP contribution in [-0.2, 0) is 6.18 Å². The molecule has 3 aromatic rings. The van der Waals surface area contributed by atoms with Crippen molar-refractivity contribution < 1.29 is 26.7 Å². The van der Waals surface area contributed by atoms with E-state index in [0.29, 0.717) is 42.3 Å². The number of piperidine rings is 1. The molecule has 4 unspecified atom stereocenters. The van der Waals surface area contributed by atoms with Crippen LogP contribution in [0.1, 0.15) is 28.8 Å². The van der Waals surface area contributed by atoms with E-state index in [1.54, 1.807) is 29.2 Å². The summed E-state index contributed by atoms with van der Waals surface area (Å²) >= 11 is 0. The number of nitrogens with zero attached hydrogens (tertiary/aromatic N) is 4. The van der Waals surface area contributed by atoms with Crippen LogP contribution in [0.2, 0.25) is 0 Å². The van der Waals surface area contributed by atoms with Crippen molar-refractivity contribution in [1.82, 2.24) is 19.9 Å². The topological polar surface area (TPSA) is 71.0 Å². The first-order chi connectivity index (χ1) is 16.7. The van der Waals surface area contributed by atoms with E-state index in [1.165, 1.54) is 0 Å². The van der Waals surface area contributed by atoms with Crippen LogP contribution in [0.15, 0.2) is 48.9 Å². The first-order valence-corrected chi connectivity index (χ1v) is 11.0. The molecule has 180 valence electrons. The number of likely N-dealkylation sites (tertiary alicyclic amines) is 1. The molecule has 1 amide bonds. The maximum absolute atomic E-state index is 14.4. The molecular formula is C24H18F5N5O. The van der Waals surface area contributed by atoms with Crippen LogP contribution in [0, 0.1) is 23.0 Å². The molecule has 2 aromatic heterocycles. The van der Waals surface area contributed by atoms with E-state index >= 15 is 0 Å². The van der Waals surface area contributed by atoms with E-state index in [-0.39, 0.29) is 35.0 Å².